The van der Waals surface area contributed by atoms with E-state index in [2.05, 4.69) is 5.32 Å². The third kappa shape index (κ3) is 10.0. The SMILES string of the molecule is CS(=O)CCNCCS(N)(=O)=O. The molecule has 0 saturated carbocycles. The second-order valence-corrected chi connectivity index (χ2v) is 5.68. The lowest BCUT2D eigenvalue weighted by atomic mass is 10.7. The number of nitrogens with one attached hydrogen (secondary N) is 1. The molecule has 0 bridgehead atoms. The van der Waals surface area contributed by atoms with Gasteiger partial charge in [0.25, 0.3) is 0 Å². The van der Waals surface area contributed by atoms with E-state index < -0.39 is 20.8 Å². The van der Waals surface area contributed by atoms with Gasteiger partial charge >= 0.3 is 0 Å². The molecule has 0 heterocycles. The van der Waals surface area contributed by atoms with Gasteiger partial charge in [0.05, 0.1) is 5.75 Å². The number of nitrogens with two attached hydrogens (primary N) is 1. The van der Waals surface area contributed by atoms with E-state index in [1.54, 1.807) is 6.26 Å². The molecule has 0 aromatic rings. The number of hydrogen-bond donors (Lipinski definition) is 2. The maximum atomic E-state index is 10.5. The highest BCUT2D eigenvalue weighted by atomic mass is 32.2. The molecule has 0 aliphatic heterocycles. The van der Waals surface area contributed by atoms with Crippen LogP contribution in [0.2, 0.25) is 0 Å². The number of sulfonamides is 1. The Bertz CT molecular complexity index is 237. The summed E-state index contributed by atoms with van der Waals surface area (Å²) in [5, 5.41) is 7.57. The van der Waals surface area contributed by atoms with Crippen molar-refractivity contribution in [2.24, 2.45) is 5.14 Å². The van der Waals surface area contributed by atoms with Gasteiger partial charge in [-0.15, -0.1) is 0 Å². The molecule has 0 amide bonds. The van der Waals surface area contributed by atoms with Crippen LogP contribution in [0.4, 0.5) is 0 Å². The van der Waals surface area contributed by atoms with E-state index >= 15 is 0 Å². The van der Waals surface area contributed by atoms with Crippen molar-refractivity contribution in [2.45, 2.75) is 0 Å². The van der Waals surface area contributed by atoms with Gasteiger partial charge in [-0.05, 0) is 0 Å². The van der Waals surface area contributed by atoms with E-state index in [0.29, 0.717) is 18.8 Å². The lowest BCUT2D eigenvalue weighted by molar-refractivity contribution is 0.593. The summed E-state index contributed by atoms with van der Waals surface area (Å²) in [5.74, 6) is 0.452. The fraction of sp³-hybridized carbons (Fsp3) is 1.00. The van der Waals surface area contributed by atoms with Gasteiger partial charge < -0.3 is 5.32 Å². The summed E-state index contributed by atoms with van der Waals surface area (Å²) in [6.45, 7) is 0.870. The highest BCUT2D eigenvalue weighted by molar-refractivity contribution is 7.89. The van der Waals surface area contributed by atoms with Crippen molar-refractivity contribution in [3.63, 3.8) is 0 Å². The first kappa shape index (κ1) is 12.0. The van der Waals surface area contributed by atoms with Crippen molar-refractivity contribution in [2.75, 3.05) is 30.9 Å². The zero-order valence-electron chi connectivity index (χ0n) is 6.95. The van der Waals surface area contributed by atoms with E-state index in [1.165, 1.54) is 0 Å². The molecule has 5 nitrogen and oxygen atoms in total. The third-order valence-electron chi connectivity index (χ3n) is 1.13. The van der Waals surface area contributed by atoms with Crippen LogP contribution in [0.1, 0.15) is 0 Å². The lowest BCUT2D eigenvalue weighted by Crippen LogP contribution is -2.29. The molecule has 74 valence electrons. The maximum absolute atomic E-state index is 10.5. The topological polar surface area (TPSA) is 89.3 Å². The maximum Gasteiger partial charge on any atom is 0.210 e. The van der Waals surface area contributed by atoms with Crippen LogP contribution in [0.5, 0.6) is 0 Å². The standard InChI is InChI=1S/C5H14N2O3S2/c1-11(8)4-2-7-3-5-12(6,9)10/h7H,2-5H2,1H3,(H2,6,9,10). The molecule has 0 spiro atoms. The van der Waals surface area contributed by atoms with Gasteiger partial charge in [-0.1, -0.05) is 0 Å². The Morgan fingerprint density at radius 2 is 2.00 bits per heavy atom. The van der Waals surface area contributed by atoms with Crippen molar-refractivity contribution in [3.8, 4) is 0 Å². The summed E-state index contributed by atoms with van der Waals surface area (Å²) in [5.41, 5.74) is 0. The largest absolute Gasteiger partial charge is 0.315 e. The molecule has 3 N–H and O–H groups in total. The van der Waals surface area contributed by atoms with Crippen LogP contribution in [0, 0.1) is 0 Å². The van der Waals surface area contributed by atoms with E-state index in [4.69, 9.17) is 5.14 Å². The van der Waals surface area contributed by atoms with Crippen molar-refractivity contribution < 1.29 is 12.6 Å². The van der Waals surface area contributed by atoms with E-state index in [1.807, 2.05) is 0 Å². The molecule has 1 atom stereocenters. The molecule has 0 radical (unpaired) electrons. The third-order valence-corrected chi connectivity index (χ3v) is 2.68. The Hall–Kier alpha value is 0.0200. The summed E-state index contributed by atoms with van der Waals surface area (Å²) in [6, 6.07) is 0. The molecule has 0 aliphatic carbocycles. The van der Waals surface area contributed by atoms with Gasteiger partial charge in [0, 0.05) is 35.9 Å². The summed E-state index contributed by atoms with van der Waals surface area (Å²) in [4.78, 5) is 0. The van der Waals surface area contributed by atoms with Crippen LogP contribution in [0.25, 0.3) is 0 Å². The van der Waals surface area contributed by atoms with Gasteiger partial charge in [-0.25, -0.2) is 13.6 Å². The first-order chi connectivity index (χ1) is 5.42. The van der Waals surface area contributed by atoms with Crippen molar-refractivity contribution in [1.29, 1.82) is 0 Å². The van der Waals surface area contributed by atoms with Gasteiger partial charge in [0.2, 0.25) is 10.0 Å². The van der Waals surface area contributed by atoms with Crippen molar-refractivity contribution >= 4 is 20.8 Å². The van der Waals surface area contributed by atoms with Gasteiger partial charge in [-0.2, -0.15) is 0 Å². The quantitative estimate of drug-likeness (QED) is 0.513. The molecule has 0 rings (SSSR count). The Labute approximate surface area is 75.2 Å². The fourth-order valence-corrected chi connectivity index (χ4v) is 1.42. The molecule has 0 fully saturated rings. The average Bonchev–Trinajstić information content (AvgIpc) is 1.83. The van der Waals surface area contributed by atoms with Crippen LogP contribution < -0.4 is 10.5 Å². The Morgan fingerprint density at radius 1 is 1.42 bits per heavy atom. The highest BCUT2D eigenvalue weighted by Crippen LogP contribution is 1.75. The minimum atomic E-state index is -3.36. The molecule has 0 saturated heterocycles. The normalized spacial score (nSPS) is 14.5. The van der Waals surface area contributed by atoms with Gasteiger partial charge in [0.15, 0.2) is 0 Å². The monoisotopic (exact) mass is 214 g/mol. The Balaban J connectivity index is 3.29. The van der Waals surface area contributed by atoms with Gasteiger partial charge in [-0.3, -0.25) is 4.21 Å². The number of primary sulfonamides is 1. The molecule has 0 aromatic carbocycles. The zero-order valence-corrected chi connectivity index (χ0v) is 8.58. The van der Waals surface area contributed by atoms with E-state index in [-0.39, 0.29) is 5.75 Å². The predicted molar refractivity (Wildman–Crippen MR) is 49.8 cm³/mol. The minimum absolute atomic E-state index is 0.0800. The minimum Gasteiger partial charge on any atom is -0.315 e. The first-order valence-electron chi connectivity index (χ1n) is 3.43. The predicted octanol–water partition coefficient (Wildman–Crippen LogP) is -1.76. The summed E-state index contributed by atoms with van der Waals surface area (Å²) in [6.07, 6.45) is 1.60. The first-order valence-corrected chi connectivity index (χ1v) is 6.87. The molecule has 12 heavy (non-hydrogen) atoms. The summed E-state index contributed by atoms with van der Waals surface area (Å²) >= 11 is 0. The number of hydrogen-bond acceptors (Lipinski definition) is 4. The molecular formula is C5H14N2O3S2. The van der Waals surface area contributed by atoms with Crippen LogP contribution in [-0.4, -0.2) is 43.5 Å². The van der Waals surface area contributed by atoms with Crippen LogP contribution in [-0.2, 0) is 20.8 Å². The van der Waals surface area contributed by atoms with Gasteiger partial charge in [0.1, 0.15) is 0 Å². The molecule has 7 heteroatoms. The highest BCUT2D eigenvalue weighted by Gasteiger charge is 2.00. The lowest BCUT2D eigenvalue weighted by Gasteiger charge is -2.00. The molecule has 0 aromatic heterocycles. The van der Waals surface area contributed by atoms with Crippen molar-refractivity contribution in [1.82, 2.24) is 5.32 Å². The van der Waals surface area contributed by atoms with Crippen LogP contribution in [0.15, 0.2) is 0 Å². The average molecular weight is 214 g/mol. The molecule has 0 aliphatic rings. The fourth-order valence-electron chi connectivity index (χ4n) is 0.555. The zero-order chi connectivity index (χ0) is 9.61. The molecule has 1 unspecified atom stereocenters. The summed E-state index contributed by atoms with van der Waals surface area (Å²) < 4.78 is 31.3. The second kappa shape index (κ2) is 5.63. The summed E-state index contributed by atoms with van der Waals surface area (Å²) in [7, 11) is -4.20. The Morgan fingerprint density at radius 3 is 2.42 bits per heavy atom. The van der Waals surface area contributed by atoms with Crippen molar-refractivity contribution in [3.05, 3.63) is 0 Å². The van der Waals surface area contributed by atoms with E-state index in [9.17, 15) is 12.6 Å². The van der Waals surface area contributed by atoms with Crippen LogP contribution in [0.3, 0.4) is 0 Å². The van der Waals surface area contributed by atoms with Crippen LogP contribution >= 0.6 is 0 Å². The molecular weight excluding hydrogens is 200 g/mol. The number of rotatable bonds is 6. The van der Waals surface area contributed by atoms with E-state index in [0.717, 1.165) is 0 Å². The second-order valence-electron chi connectivity index (χ2n) is 2.39. The smallest absolute Gasteiger partial charge is 0.210 e. The Kier molecular flexibility index (Phi) is 5.64.